The average molecular weight is 416 g/mol. The van der Waals surface area contributed by atoms with Crippen molar-refractivity contribution in [3.05, 3.63) is 38.1 Å². The molecule has 0 bridgehead atoms. The number of H-pyrrole nitrogens is 1. The first-order valence-electron chi connectivity index (χ1n) is 5.62. The van der Waals surface area contributed by atoms with Crippen LogP contribution in [-0.4, -0.2) is 23.0 Å². The van der Waals surface area contributed by atoms with Crippen LogP contribution in [-0.2, 0) is 4.74 Å². The Kier molecular flexibility index (Phi) is 3.66. The van der Waals surface area contributed by atoms with Crippen LogP contribution in [0.5, 0.6) is 0 Å². The Balaban J connectivity index is 2.18. The van der Waals surface area contributed by atoms with E-state index < -0.39 is 0 Å². The number of aromatic amines is 1. The highest BCUT2D eigenvalue weighted by Gasteiger charge is 2.16. The third-order valence-corrected chi connectivity index (χ3v) is 6.06. The van der Waals surface area contributed by atoms with Crippen LogP contribution in [0.1, 0.15) is 10.4 Å². The van der Waals surface area contributed by atoms with Gasteiger partial charge in [-0.1, -0.05) is 6.07 Å². The van der Waals surface area contributed by atoms with Crippen LogP contribution < -0.4 is 0 Å². The van der Waals surface area contributed by atoms with Crippen molar-refractivity contribution < 1.29 is 9.53 Å². The molecule has 0 radical (unpaired) electrons. The Bertz CT molecular complexity index is 790. The van der Waals surface area contributed by atoms with Gasteiger partial charge < -0.3 is 9.72 Å². The Morgan fingerprint density at radius 3 is 2.85 bits per heavy atom. The number of esters is 1. The smallest absolute Gasteiger partial charge is 0.340 e. The van der Waals surface area contributed by atoms with Crippen LogP contribution in [0.3, 0.4) is 0 Å². The first-order chi connectivity index (χ1) is 9.60. The van der Waals surface area contributed by atoms with Crippen LogP contribution in [0, 0.1) is 0 Å². The number of hydrogen-bond donors (Lipinski definition) is 1. The van der Waals surface area contributed by atoms with Crippen molar-refractivity contribution in [1.82, 2.24) is 9.97 Å². The molecule has 0 spiro atoms. The van der Waals surface area contributed by atoms with E-state index in [0.29, 0.717) is 11.1 Å². The molecule has 7 heteroatoms. The van der Waals surface area contributed by atoms with E-state index in [9.17, 15) is 4.79 Å². The summed E-state index contributed by atoms with van der Waals surface area (Å²) in [7, 11) is 1.36. The fourth-order valence-corrected chi connectivity index (χ4v) is 3.87. The number of rotatable bonds is 2. The molecule has 1 N–H and O–H groups in total. The minimum Gasteiger partial charge on any atom is -0.465 e. The van der Waals surface area contributed by atoms with Crippen LogP contribution in [0.25, 0.3) is 21.7 Å². The van der Waals surface area contributed by atoms with Crippen LogP contribution >= 0.6 is 43.2 Å². The fourth-order valence-electron chi connectivity index (χ4n) is 1.89. The van der Waals surface area contributed by atoms with Gasteiger partial charge >= 0.3 is 5.97 Å². The minimum absolute atomic E-state index is 0.387. The normalized spacial score (nSPS) is 10.9. The second kappa shape index (κ2) is 5.31. The molecular formula is C13H8Br2N2O2S. The largest absolute Gasteiger partial charge is 0.465 e. The zero-order valence-corrected chi connectivity index (χ0v) is 14.2. The molecule has 0 aliphatic carbocycles. The summed E-state index contributed by atoms with van der Waals surface area (Å²) in [5.41, 5.74) is 1.89. The molecule has 20 heavy (non-hydrogen) atoms. The third-order valence-electron chi connectivity index (χ3n) is 2.80. The van der Waals surface area contributed by atoms with Crippen molar-refractivity contribution in [2.45, 2.75) is 0 Å². The van der Waals surface area contributed by atoms with E-state index >= 15 is 0 Å². The molecule has 2 aromatic heterocycles. The van der Waals surface area contributed by atoms with Gasteiger partial charge in [0.05, 0.1) is 26.9 Å². The average Bonchev–Trinajstić information content (AvgIpc) is 3.01. The lowest BCUT2D eigenvalue weighted by Gasteiger charge is -1.98. The molecule has 1 aromatic carbocycles. The van der Waals surface area contributed by atoms with E-state index in [2.05, 4.69) is 41.8 Å². The van der Waals surface area contributed by atoms with E-state index in [0.717, 1.165) is 24.5 Å². The number of carbonyl (C=O) groups excluding carboxylic acids is 1. The number of hydrogen-bond acceptors (Lipinski definition) is 4. The van der Waals surface area contributed by atoms with Crippen molar-refractivity contribution in [3.8, 4) is 10.7 Å². The third kappa shape index (κ3) is 2.30. The lowest BCUT2D eigenvalue weighted by atomic mass is 10.2. The van der Waals surface area contributed by atoms with E-state index in [1.807, 2.05) is 12.1 Å². The number of carbonyl (C=O) groups is 1. The Morgan fingerprint density at radius 2 is 2.20 bits per heavy atom. The highest BCUT2D eigenvalue weighted by molar-refractivity contribution is 9.13. The summed E-state index contributed by atoms with van der Waals surface area (Å²) in [5.74, 6) is 0.343. The van der Waals surface area contributed by atoms with Crippen molar-refractivity contribution in [2.24, 2.45) is 0 Å². The van der Waals surface area contributed by atoms with Crippen LogP contribution in [0.4, 0.5) is 0 Å². The van der Waals surface area contributed by atoms with E-state index in [4.69, 9.17) is 4.74 Å². The number of nitrogens with one attached hydrogen (secondary N) is 1. The van der Waals surface area contributed by atoms with Gasteiger partial charge in [0.15, 0.2) is 0 Å². The maximum absolute atomic E-state index is 11.7. The van der Waals surface area contributed by atoms with Gasteiger partial charge in [-0.3, -0.25) is 0 Å². The molecule has 0 amide bonds. The van der Waals surface area contributed by atoms with Crippen molar-refractivity contribution in [2.75, 3.05) is 7.11 Å². The van der Waals surface area contributed by atoms with Gasteiger partial charge in [0.2, 0.25) is 0 Å². The number of para-hydroxylation sites is 1. The number of imidazole rings is 1. The minimum atomic E-state index is -0.387. The maximum atomic E-state index is 11.7. The van der Waals surface area contributed by atoms with Gasteiger partial charge in [0.25, 0.3) is 0 Å². The summed E-state index contributed by atoms with van der Waals surface area (Å²) >= 11 is 8.48. The number of halogens is 2. The van der Waals surface area contributed by atoms with Gasteiger partial charge in [-0.15, -0.1) is 11.3 Å². The zero-order valence-electron chi connectivity index (χ0n) is 10.2. The number of methoxy groups -OCH3 is 1. The number of nitrogens with zero attached hydrogens (tertiary/aromatic N) is 1. The van der Waals surface area contributed by atoms with E-state index in [1.165, 1.54) is 7.11 Å². The molecule has 0 unspecified atom stereocenters. The Morgan fingerprint density at radius 1 is 1.40 bits per heavy atom. The van der Waals surface area contributed by atoms with Crippen molar-refractivity contribution >= 4 is 60.2 Å². The maximum Gasteiger partial charge on any atom is 0.340 e. The van der Waals surface area contributed by atoms with Crippen molar-refractivity contribution in [3.63, 3.8) is 0 Å². The summed E-state index contributed by atoms with van der Waals surface area (Å²) in [6.07, 6.45) is 0. The molecule has 3 rings (SSSR count). The second-order valence-electron chi connectivity index (χ2n) is 4.01. The predicted molar refractivity (Wildman–Crippen MR) is 86.1 cm³/mol. The standard InChI is InChI=1S/C13H8Br2N2O2S/c1-19-13(18)6-3-2-4-8-10(6)17-12(16-8)9-5-7(14)11(15)20-9/h2-5H,1H3,(H,16,17). The Labute approximate surface area is 135 Å². The summed E-state index contributed by atoms with van der Waals surface area (Å²) in [4.78, 5) is 20.5. The summed E-state index contributed by atoms with van der Waals surface area (Å²) in [5, 5.41) is 0. The quantitative estimate of drug-likeness (QED) is 0.622. The van der Waals surface area contributed by atoms with Crippen LogP contribution in [0.2, 0.25) is 0 Å². The first kappa shape index (κ1) is 13.8. The number of aromatic nitrogens is 2. The molecule has 0 fully saturated rings. The Hall–Kier alpha value is -1.18. The molecular weight excluding hydrogens is 408 g/mol. The molecule has 2 heterocycles. The second-order valence-corrected chi connectivity index (χ2v) is 7.24. The predicted octanol–water partition coefficient (Wildman–Crippen LogP) is 4.60. The number of fused-ring (bicyclic) bond motifs is 1. The molecule has 102 valence electrons. The molecule has 0 saturated heterocycles. The molecule has 0 atom stereocenters. The van der Waals surface area contributed by atoms with Crippen molar-refractivity contribution in [1.29, 1.82) is 0 Å². The molecule has 3 aromatic rings. The highest BCUT2D eigenvalue weighted by Crippen LogP contribution is 2.37. The van der Waals surface area contributed by atoms with E-state index in [1.54, 1.807) is 23.5 Å². The van der Waals surface area contributed by atoms with Gasteiger partial charge in [-0.05, 0) is 50.1 Å². The summed E-state index contributed by atoms with van der Waals surface area (Å²) in [6, 6.07) is 7.37. The molecule has 0 aliphatic rings. The number of benzene rings is 1. The van der Waals surface area contributed by atoms with E-state index in [-0.39, 0.29) is 5.97 Å². The summed E-state index contributed by atoms with van der Waals surface area (Å²) in [6.45, 7) is 0. The monoisotopic (exact) mass is 414 g/mol. The van der Waals surface area contributed by atoms with Crippen LogP contribution in [0.15, 0.2) is 32.5 Å². The van der Waals surface area contributed by atoms with Gasteiger partial charge in [0, 0.05) is 4.47 Å². The van der Waals surface area contributed by atoms with Gasteiger partial charge in [-0.25, -0.2) is 9.78 Å². The summed E-state index contributed by atoms with van der Waals surface area (Å²) < 4.78 is 6.76. The van der Waals surface area contributed by atoms with Gasteiger partial charge in [-0.2, -0.15) is 0 Å². The number of ether oxygens (including phenoxy) is 1. The molecule has 4 nitrogen and oxygen atoms in total. The molecule has 0 saturated carbocycles. The highest BCUT2D eigenvalue weighted by atomic mass is 79.9. The topological polar surface area (TPSA) is 55.0 Å². The zero-order chi connectivity index (χ0) is 14.3. The van der Waals surface area contributed by atoms with Gasteiger partial charge in [0.1, 0.15) is 11.3 Å². The SMILES string of the molecule is COC(=O)c1cccc2[nH]c(-c3cc(Br)c(Br)s3)nc12. The molecule has 0 aliphatic heterocycles. The number of thiophene rings is 1. The fraction of sp³-hybridized carbons (Fsp3) is 0.0769. The lowest BCUT2D eigenvalue weighted by Crippen LogP contribution is -2.01. The first-order valence-corrected chi connectivity index (χ1v) is 8.02. The lowest BCUT2D eigenvalue weighted by molar-refractivity contribution is 0.0603.